The largest absolute Gasteiger partial charge is 0.369 e. The lowest BCUT2D eigenvalue weighted by Gasteiger charge is -2.31. The Morgan fingerprint density at radius 2 is 1.91 bits per heavy atom. The van der Waals surface area contributed by atoms with E-state index in [4.69, 9.17) is 5.73 Å². The van der Waals surface area contributed by atoms with E-state index in [0.717, 1.165) is 51.6 Å². The van der Waals surface area contributed by atoms with Crippen molar-refractivity contribution in [1.29, 1.82) is 0 Å². The Bertz CT molecular complexity index is 463. The van der Waals surface area contributed by atoms with Crippen LogP contribution in [0.4, 0.5) is 0 Å². The topological polar surface area (TPSA) is 67.8 Å². The summed E-state index contributed by atoms with van der Waals surface area (Å²) in [6.07, 6.45) is 10.9. The predicted molar refractivity (Wildman–Crippen MR) is 83.9 cm³/mol. The van der Waals surface area contributed by atoms with Crippen molar-refractivity contribution in [3.63, 3.8) is 0 Å². The third-order valence-electron chi connectivity index (χ3n) is 5.25. The van der Waals surface area contributed by atoms with Gasteiger partial charge in [0.1, 0.15) is 0 Å². The van der Waals surface area contributed by atoms with Crippen LogP contribution in [-0.4, -0.2) is 42.4 Å². The first-order valence-electron chi connectivity index (χ1n) is 8.79. The molecule has 0 unspecified atom stereocenters. The number of carbonyl (C=O) groups excluding carboxylic acids is 2. The van der Waals surface area contributed by atoms with E-state index in [-0.39, 0.29) is 17.7 Å². The molecule has 2 fully saturated rings. The van der Waals surface area contributed by atoms with E-state index < -0.39 is 0 Å². The minimum Gasteiger partial charge on any atom is -0.369 e. The van der Waals surface area contributed by atoms with Crippen molar-refractivity contribution in [3.05, 3.63) is 11.8 Å². The number of hydrogen-bond acceptors (Lipinski definition) is 2. The average Bonchev–Trinajstić information content (AvgIpc) is 3.34. The van der Waals surface area contributed by atoms with Crippen LogP contribution in [0.2, 0.25) is 0 Å². The molecule has 0 aromatic rings. The average molecular weight is 306 g/mol. The molecule has 2 aliphatic carbocycles. The second-order valence-corrected chi connectivity index (χ2v) is 7.04. The third kappa shape index (κ3) is 3.69. The molecule has 5 nitrogen and oxygen atoms in total. The minimum absolute atomic E-state index is 0.0134. The Kier molecular flexibility index (Phi) is 4.81. The van der Waals surface area contributed by atoms with Gasteiger partial charge in [-0.05, 0) is 38.5 Å². The molecule has 5 heteroatoms. The van der Waals surface area contributed by atoms with E-state index >= 15 is 0 Å². The van der Waals surface area contributed by atoms with Crippen molar-refractivity contribution in [2.75, 3.05) is 19.6 Å². The van der Waals surface area contributed by atoms with Gasteiger partial charge < -0.3 is 15.5 Å². The maximum absolute atomic E-state index is 12.8. The van der Waals surface area contributed by atoms with E-state index in [9.17, 15) is 9.59 Å². The second-order valence-electron chi connectivity index (χ2n) is 7.04. The highest BCUT2D eigenvalue weighted by Gasteiger charge is 2.37. The Morgan fingerprint density at radius 1 is 1.18 bits per heavy atom. The van der Waals surface area contributed by atoms with Crippen LogP contribution in [0.1, 0.15) is 51.4 Å². The fraction of sp³-hybridized carbons (Fsp3) is 0.765. The van der Waals surface area contributed by atoms with Crippen LogP contribution in [0.15, 0.2) is 11.8 Å². The summed E-state index contributed by atoms with van der Waals surface area (Å²) < 4.78 is 0. The van der Waals surface area contributed by atoms with Gasteiger partial charge in [-0.2, -0.15) is 0 Å². The van der Waals surface area contributed by atoms with E-state index in [1.165, 1.54) is 23.4 Å². The van der Waals surface area contributed by atoms with Crippen molar-refractivity contribution in [3.8, 4) is 0 Å². The summed E-state index contributed by atoms with van der Waals surface area (Å²) in [6, 6.07) is 0.458. The Morgan fingerprint density at radius 3 is 2.45 bits per heavy atom. The number of nitrogens with one attached hydrogen (secondary N) is 1. The highest BCUT2D eigenvalue weighted by atomic mass is 16.2. The van der Waals surface area contributed by atoms with Gasteiger partial charge in [-0.15, -0.1) is 0 Å². The maximum Gasteiger partial charge on any atom is 0.282 e. The number of likely N-dealkylation sites (tertiary alicyclic amines) is 1. The monoisotopic (exact) mass is 306 g/mol. The lowest BCUT2D eigenvalue weighted by Crippen LogP contribution is -3.14. The standard InChI is InChI=1S/C17H27N3O2/c18-17(22)13-8-10-19(11-9-13)12-16(21)20(15-6-7-15)14-4-2-1-3-5-14/h4,13,15H,1-3,5-12H2,(H2,18,22)/p+1. The zero-order valence-electron chi connectivity index (χ0n) is 13.4. The molecule has 2 amide bonds. The molecule has 0 bridgehead atoms. The van der Waals surface area contributed by atoms with Crippen LogP contribution in [0, 0.1) is 5.92 Å². The van der Waals surface area contributed by atoms with Gasteiger partial charge in [0.2, 0.25) is 5.91 Å². The highest BCUT2D eigenvalue weighted by molar-refractivity contribution is 5.80. The van der Waals surface area contributed by atoms with Crippen LogP contribution < -0.4 is 10.6 Å². The summed E-state index contributed by atoms with van der Waals surface area (Å²) in [5, 5.41) is 0. The number of primary amides is 1. The zero-order chi connectivity index (χ0) is 15.5. The summed E-state index contributed by atoms with van der Waals surface area (Å²) in [7, 11) is 0. The van der Waals surface area contributed by atoms with Gasteiger partial charge in [-0.1, -0.05) is 6.08 Å². The lowest BCUT2D eigenvalue weighted by atomic mass is 9.96. The van der Waals surface area contributed by atoms with E-state index in [1.54, 1.807) is 0 Å². The van der Waals surface area contributed by atoms with E-state index in [1.807, 2.05) is 0 Å². The van der Waals surface area contributed by atoms with Crippen molar-refractivity contribution >= 4 is 11.8 Å². The quantitative estimate of drug-likeness (QED) is 0.763. The number of allylic oxidation sites excluding steroid dienone is 2. The van der Waals surface area contributed by atoms with Crippen molar-refractivity contribution in [2.45, 2.75) is 57.4 Å². The Hall–Kier alpha value is -1.36. The molecule has 1 saturated carbocycles. The summed E-state index contributed by atoms with van der Waals surface area (Å²) in [4.78, 5) is 27.4. The fourth-order valence-electron chi connectivity index (χ4n) is 3.76. The third-order valence-corrected chi connectivity index (χ3v) is 5.25. The lowest BCUT2D eigenvalue weighted by molar-refractivity contribution is -0.898. The molecule has 22 heavy (non-hydrogen) atoms. The molecule has 3 aliphatic rings. The predicted octanol–water partition coefficient (Wildman–Crippen LogP) is 0.216. The number of rotatable bonds is 5. The van der Waals surface area contributed by atoms with Gasteiger partial charge in [0.25, 0.3) is 5.91 Å². The fourth-order valence-corrected chi connectivity index (χ4v) is 3.76. The van der Waals surface area contributed by atoms with Gasteiger partial charge >= 0.3 is 0 Å². The highest BCUT2D eigenvalue weighted by Crippen LogP contribution is 2.33. The number of nitrogens with two attached hydrogens (primary N) is 1. The maximum atomic E-state index is 12.8. The van der Waals surface area contributed by atoms with Crippen molar-refractivity contribution in [2.24, 2.45) is 11.7 Å². The van der Waals surface area contributed by atoms with Crippen LogP contribution in [0.5, 0.6) is 0 Å². The molecule has 0 radical (unpaired) electrons. The van der Waals surface area contributed by atoms with Gasteiger partial charge in [0.15, 0.2) is 6.54 Å². The number of carbonyl (C=O) groups is 2. The summed E-state index contributed by atoms with van der Waals surface area (Å²) in [5.41, 5.74) is 6.65. The minimum atomic E-state index is -0.183. The molecule has 0 aromatic carbocycles. The molecule has 0 aromatic heterocycles. The number of hydrogen-bond donors (Lipinski definition) is 2. The Labute approximate surface area is 132 Å². The second kappa shape index (κ2) is 6.82. The van der Waals surface area contributed by atoms with Gasteiger partial charge in [0, 0.05) is 30.5 Å². The molecule has 122 valence electrons. The molecular weight excluding hydrogens is 278 g/mol. The molecule has 0 spiro atoms. The number of nitrogens with zero attached hydrogens (tertiary/aromatic N) is 1. The molecular formula is C17H28N3O2+. The van der Waals surface area contributed by atoms with Gasteiger partial charge in [-0.25, -0.2) is 0 Å². The SMILES string of the molecule is NC(=O)C1CC[NH+](CC(=O)N(C2=CCCCC2)C2CC2)CC1. The van der Waals surface area contributed by atoms with Crippen LogP contribution in [0.3, 0.4) is 0 Å². The van der Waals surface area contributed by atoms with Crippen LogP contribution in [-0.2, 0) is 9.59 Å². The summed E-state index contributed by atoms with van der Waals surface area (Å²) >= 11 is 0. The van der Waals surface area contributed by atoms with E-state index in [0.29, 0.717) is 12.6 Å². The molecule has 1 saturated heterocycles. The number of quaternary nitrogens is 1. The van der Waals surface area contributed by atoms with Crippen LogP contribution >= 0.6 is 0 Å². The first-order chi connectivity index (χ1) is 10.6. The molecule has 1 heterocycles. The number of piperidine rings is 1. The normalized spacial score (nSPS) is 28.8. The smallest absolute Gasteiger partial charge is 0.282 e. The van der Waals surface area contributed by atoms with Crippen molar-refractivity contribution < 1.29 is 14.5 Å². The first-order valence-corrected chi connectivity index (χ1v) is 8.79. The summed E-state index contributed by atoms with van der Waals surface area (Å²) in [5.74, 6) is 0.111. The van der Waals surface area contributed by atoms with E-state index in [2.05, 4.69) is 11.0 Å². The van der Waals surface area contributed by atoms with Crippen LogP contribution in [0.25, 0.3) is 0 Å². The zero-order valence-corrected chi connectivity index (χ0v) is 13.4. The van der Waals surface area contributed by atoms with Gasteiger partial charge in [-0.3, -0.25) is 9.59 Å². The molecule has 3 rings (SSSR count). The number of amides is 2. The molecule has 0 atom stereocenters. The summed E-state index contributed by atoms with van der Waals surface area (Å²) in [6.45, 7) is 2.34. The Balaban J connectivity index is 1.56. The molecule has 1 aliphatic heterocycles. The van der Waals surface area contributed by atoms with Crippen molar-refractivity contribution in [1.82, 2.24) is 4.90 Å². The first kappa shape index (κ1) is 15.5. The van der Waals surface area contributed by atoms with Gasteiger partial charge in [0.05, 0.1) is 13.1 Å². The molecule has 3 N–H and O–H groups in total.